The summed E-state index contributed by atoms with van der Waals surface area (Å²) in [6.45, 7) is 7.06. The first-order chi connectivity index (χ1) is 7.00. The van der Waals surface area contributed by atoms with Gasteiger partial charge in [0.15, 0.2) is 0 Å². The lowest BCUT2D eigenvalue weighted by Gasteiger charge is -2.13. The maximum Gasteiger partial charge on any atom is 0.121 e. The van der Waals surface area contributed by atoms with Gasteiger partial charge in [-0.1, -0.05) is 12.1 Å². The summed E-state index contributed by atoms with van der Waals surface area (Å²) in [5.41, 5.74) is 3.57. The van der Waals surface area contributed by atoms with E-state index < -0.39 is 0 Å². The fourth-order valence-corrected chi connectivity index (χ4v) is 1.83. The van der Waals surface area contributed by atoms with Crippen molar-refractivity contribution >= 4 is 0 Å². The summed E-state index contributed by atoms with van der Waals surface area (Å²) in [6.07, 6.45) is 2.56. The number of hydrogen-bond acceptors (Lipinski definition) is 2. The molecule has 0 spiro atoms. The Kier molecular flexibility index (Phi) is 2.47. The highest BCUT2D eigenvalue weighted by molar-refractivity contribution is 5.42. The van der Waals surface area contributed by atoms with Gasteiger partial charge in [-0.3, -0.25) is 0 Å². The molecule has 0 amide bonds. The molecule has 0 atom stereocenters. The molecule has 1 aromatic carbocycles. The topological polar surface area (TPSA) is 32.3 Å². The lowest BCUT2D eigenvalue weighted by molar-refractivity contribution is 0.466. The van der Waals surface area contributed by atoms with Gasteiger partial charge in [-0.25, -0.2) is 0 Å². The predicted octanol–water partition coefficient (Wildman–Crippen LogP) is 2.65. The van der Waals surface area contributed by atoms with E-state index >= 15 is 0 Å². The van der Waals surface area contributed by atoms with E-state index in [1.165, 1.54) is 18.4 Å². The van der Waals surface area contributed by atoms with Crippen LogP contribution in [0.2, 0.25) is 0 Å². The summed E-state index contributed by atoms with van der Waals surface area (Å²) in [7, 11) is 0. The highest BCUT2D eigenvalue weighted by atomic mass is 16.3. The van der Waals surface area contributed by atoms with Gasteiger partial charge in [0.25, 0.3) is 0 Å². The van der Waals surface area contributed by atoms with Crippen LogP contribution in [-0.4, -0.2) is 10.6 Å². The molecule has 2 N–H and O–H groups in total. The molecule has 0 aromatic heterocycles. The van der Waals surface area contributed by atoms with Gasteiger partial charge < -0.3 is 10.4 Å². The van der Waals surface area contributed by atoms with Crippen LogP contribution in [0.4, 0.5) is 0 Å². The van der Waals surface area contributed by atoms with Crippen LogP contribution in [0.5, 0.6) is 5.75 Å². The predicted molar refractivity (Wildman–Crippen MR) is 62.1 cm³/mol. The second-order valence-corrected chi connectivity index (χ2v) is 4.99. The molecule has 2 nitrogen and oxygen atoms in total. The van der Waals surface area contributed by atoms with Crippen molar-refractivity contribution in [1.29, 1.82) is 0 Å². The third kappa shape index (κ3) is 2.32. The van der Waals surface area contributed by atoms with Crippen molar-refractivity contribution in [2.75, 3.05) is 0 Å². The van der Waals surface area contributed by atoms with Crippen LogP contribution in [0.1, 0.15) is 36.5 Å². The van der Waals surface area contributed by atoms with Crippen LogP contribution in [-0.2, 0) is 6.54 Å². The first-order valence-electron chi connectivity index (χ1n) is 5.54. The van der Waals surface area contributed by atoms with E-state index in [0.717, 1.165) is 17.7 Å². The number of hydrogen-bond donors (Lipinski definition) is 2. The smallest absolute Gasteiger partial charge is 0.121 e. The fraction of sp³-hybridized carbons (Fsp3) is 0.538. The SMILES string of the molecule is Cc1cc(CNC2(C)CC2)cc(C)c1O. The normalized spacial score (nSPS) is 17.8. The largest absolute Gasteiger partial charge is 0.507 e. The average Bonchev–Trinajstić information content (AvgIpc) is 2.90. The number of aromatic hydroxyl groups is 1. The minimum absolute atomic E-state index is 0.375. The zero-order valence-electron chi connectivity index (χ0n) is 9.72. The molecule has 2 heteroatoms. The second kappa shape index (κ2) is 3.53. The molecule has 0 unspecified atom stereocenters. The van der Waals surface area contributed by atoms with Gasteiger partial charge in [0.2, 0.25) is 0 Å². The van der Waals surface area contributed by atoms with Crippen LogP contribution in [0.3, 0.4) is 0 Å². The Labute approximate surface area is 91.3 Å². The Morgan fingerprint density at radius 3 is 2.27 bits per heavy atom. The van der Waals surface area contributed by atoms with Gasteiger partial charge in [-0.15, -0.1) is 0 Å². The van der Waals surface area contributed by atoms with E-state index in [4.69, 9.17) is 0 Å². The number of rotatable bonds is 3. The van der Waals surface area contributed by atoms with E-state index in [2.05, 4.69) is 24.4 Å². The van der Waals surface area contributed by atoms with Crippen molar-refractivity contribution < 1.29 is 5.11 Å². The van der Waals surface area contributed by atoms with Gasteiger partial charge in [0.1, 0.15) is 5.75 Å². The molecule has 1 aromatic rings. The summed E-state index contributed by atoms with van der Waals surface area (Å²) in [5.74, 6) is 0.427. The first-order valence-corrected chi connectivity index (χ1v) is 5.54. The molecular weight excluding hydrogens is 186 g/mol. The number of nitrogens with one attached hydrogen (secondary N) is 1. The maximum absolute atomic E-state index is 9.65. The van der Waals surface area contributed by atoms with Crippen LogP contribution in [0.25, 0.3) is 0 Å². The summed E-state index contributed by atoms with van der Waals surface area (Å²) in [5, 5.41) is 13.2. The van der Waals surface area contributed by atoms with Gasteiger partial charge >= 0.3 is 0 Å². The molecule has 2 rings (SSSR count). The van der Waals surface area contributed by atoms with E-state index in [1.54, 1.807) is 0 Å². The van der Waals surface area contributed by atoms with E-state index in [1.807, 2.05) is 13.8 Å². The van der Waals surface area contributed by atoms with Gasteiger partial charge in [0, 0.05) is 12.1 Å². The standard InChI is InChI=1S/C13H19NO/c1-9-6-11(7-10(2)12(9)15)8-14-13(3)4-5-13/h6-7,14-15H,4-5,8H2,1-3H3. The molecule has 0 aliphatic heterocycles. The zero-order chi connectivity index (χ0) is 11.1. The van der Waals surface area contributed by atoms with Crippen molar-refractivity contribution in [3.63, 3.8) is 0 Å². The van der Waals surface area contributed by atoms with Crippen molar-refractivity contribution in [3.05, 3.63) is 28.8 Å². The molecule has 0 radical (unpaired) electrons. The molecule has 82 valence electrons. The summed E-state index contributed by atoms with van der Waals surface area (Å²) < 4.78 is 0. The second-order valence-electron chi connectivity index (χ2n) is 4.99. The van der Waals surface area contributed by atoms with Crippen LogP contribution < -0.4 is 5.32 Å². The van der Waals surface area contributed by atoms with Crippen LogP contribution in [0, 0.1) is 13.8 Å². The molecule has 0 heterocycles. The van der Waals surface area contributed by atoms with Gasteiger partial charge in [-0.05, 0) is 50.3 Å². The Bertz CT molecular complexity index is 357. The minimum atomic E-state index is 0.375. The third-order valence-electron chi connectivity index (χ3n) is 3.27. The van der Waals surface area contributed by atoms with Gasteiger partial charge in [-0.2, -0.15) is 0 Å². The number of phenolic OH excluding ortho intramolecular Hbond substituents is 1. The molecule has 1 saturated carbocycles. The molecule has 0 saturated heterocycles. The molecule has 15 heavy (non-hydrogen) atoms. The Balaban J connectivity index is 2.08. The molecule has 1 aliphatic carbocycles. The fourth-order valence-electron chi connectivity index (χ4n) is 1.83. The Hall–Kier alpha value is -1.02. The molecule has 1 fully saturated rings. The van der Waals surface area contributed by atoms with Crippen molar-refractivity contribution in [2.45, 2.75) is 45.7 Å². The van der Waals surface area contributed by atoms with Crippen LogP contribution in [0.15, 0.2) is 12.1 Å². The third-order valence-corrected chi connectivity index (χ3v) is 3.27. The van der Waals surface area contributed by atoms with E-state index in [0.29, 0.717) is 11.3 Å². The highest BCUT2D eigenvalue weighted by Crippen LogP contribution is 2.34. The van der Waals surface area contributed by atoms with Gasteiger partial charge in [0.05, 0.1) is 0 Å². The summed E-state index contributed by atoms with van der Waals surface area (Å²) >= 11 is 0. The molecule has 1 aliphatic rings. The minimum Gasteiger partial charge on any atom is -0.507 e. The lowest BCUT2D eigenvalue weighted by atomic mass is 10.1. The lowest BCUT2D eigenvalue weighted by Crippen LogP contribution is -2.26. The quantitative estimate of drug-likeness (QED) is 0.795. The Morgan fingerprint density at radius 1 is 1.27 bits per heavy atom. The first kappa shape index (κ1) is 10.5. The van der Waals surface area contributed by atoms with Crippen LogP contribution >= 0.6 is 0 Å². The monoisotopic (exact) mass is 205 g/mol. The summed E-state index contributed by atoms with van der Waals surface area (Å²) in [4.78, 5) is 0. The molecular formula is C13H19NO. The van der Waals surface area contributed by atoms with Crippen molar-refractivity contribution in [2.24, 2.45) is 0 Å². The van der Waals surface area contributed by atoms with Crippen molar-refractivity contribution in [3.8, 4) is 5.75 Å². The Morgan fingerprint density at radius 2 is 1.80 bits per heavy atom. The van der Waals surface area contributed by atoms with E-state index in [-0.39, 0.29) is 0 Å². The summed E-state index contributed by atoms with van der Waals surface area (Å²) in [6, 6.07) is 4.11. The maximum atomic E-state index is 9.65. The number of phenols is 1. The average molecular weight is 205 g/mol. The number of aryl methyl sites for hydroxylation is 2. The van der Waals surface area contributed by atoms with Crippen molar-refractivity contribution in [1.82, 2.24) is 5.32 Å². The molecule has 0 bridgehead atoms. The highest BCUT2D eigenvalue weighted by Gasteiger charge is 2.36. The number of benzene rings is 1. The van der Waals surface area contributed by atoms with E-state index in [9.17, 15) is 5.11 Å². The zero-order valence-corrected chi connectivity index (χ0v) is 9.72.